The minimum absolute atomic E-state index is 0.0950. The molecule has 2 atom stereocenters. The van der Waals surface area contributed by atoms with Crippen molar-refractivity contribution in [2.75, 3.05) is 13.1 Å². The minimum Gasteiger partial charge on any atom is -0.390 e. The maximum absolute atomic E-state index is 12.4. The van der Waals surface area contributed by atoms with E-state index in [0.29, 0.717) is 19.5 Å². The molecule has 1 saturated heterocycles. The maximum Gasteiger partial charge on any atom is 0.224 e. The van der Waals surface area contributed by atoms with Crippen molar-refractivity contribution in [3.05, 3.63) is 66.2 Å². The van der Waals surface area contributed by atoms with Gasteiger partial charge in [0.2, 0.25) is 5.91 Å². The highest BCUT2D eigenvalue weighted by molar-refractivity contribution is 5.79. The molecule has 3 aromatic rings. The number of aromatic nitrogens is 5. The van der Waals surface area contributed by atoms with Crippen molar-refractivity contribution in [1.82, 2.24) is 35.4 Å². The second-order valence-electron chi connectivity index (χ2n) is 7.18. The largest absolute Gasteiger partial charge is 0.390 e. The first-order valence-electron chi connectivity index (χ1n) is 9.59. The number of rotatable bonds is 6. The van der Waals surface area contributed by atoms with Crippen LogP contribution in [0.1, 0.15) is 17.7 Å². The number of carbonyl (C=O) groups is 1. The van der Waals surface area contributed by atoms with E-state index in [9.17, 15) is 9.90 Å². The van der Waals surface area contributed by atoms with Crippen molar-refractivity contribution in [1.29, 1.82) is 0 Å². The van der Waals surface area contributed by atoms with E-state index in [2.05, 4.69) is 30.7 Å². The molecule has 4 rings (SSSR count). The summed E-state index contributed by atoms with van der Waals surface area (Å²) in [6.45, 7) is 2.02. The molecular formula is C20H23N7O2. The second kappa shape index (κ2) is 8.89. The number of aliphatic hydroxyl groups is 1. The Morgan fingerprint density at radius 1 is 1.21 bits per heavy atom. The van der Waals surface area contributed by atoms with Crippen molar-refractivity contribution in [3.8, 4) is 5.69 Å². The Hall–Kier alpha value is -3.17. The average molecular weight is 393 g/mol. The Balaban J connectivity index is 1.26. The Kier molecular flexibility index (Phi) is 5.87. The quantitative estimate of drug-likeness (QED) is 0.622. The summed E-state index contributed by atoms with van der Waals surface area (Å²) in [5.74, 6) is -0.0950. The Bertz CT molecular complexity index is 916. The van der Waals surface area contributed by atoms with Gasteiger partial charge in [-0.15, -0.1) is 5.10 Å². The SMILES string of the molecule is O=C(Cc1ccc(-n2cnnn2)cc1)N[C@@H]1CCN(Cc2ccccn2)C[C@H]1O. The van der Waals surface area contributed by atoms with Gasteiger partial charge in [-0.05, 0) is 46.7 Å². The molecule has 0 saturated carbocycles. The van der Waals surface area contributed by atoms with Crippen LogP contribution >= 0.6 is 0 Å². The Morgan fingerprint density at radius 2 is 2.07 bits per heavy atom. The Morgan fingerprint density at radius 3 is 2.76 bits per heavy atom. The normalized spacial score (nSPS) is 19.8. The lowest BCUT2D eigenvalue weighted by Gasteiger charge is -2.36. The third-order valence-electron chi connectivity index (χ3n) is 5.04. The fourth-order valence-electron chi connectivity index (χ4n) is 3.52. The van der Waals surface area contributed by atoms with E-state index in [-0.39, 0.29) is 18.4 Å². The van der Waals surface area contributed by atoms with Crippen molar-refractivity contribution in [2.45, 2.75) is 31.5 Å². The molecule has 1 amide bonds. The summed E-state index contributed by atoms with van der Waals surface area (Å²) in [5.41, 5.74) is 2.70. The third-order valence-corrected chi connectivity index (χ3v) is 5.04. The van der Waals surface area contributed by atoms with E-state index < -0.39 is 6.10 Å². The van der Waals surface area contributed by atoms with Gasteiger partial charge in [-0.1, -0.05) is 18.2 Å². The van der Waals surface area contributed by atoms with E-state index in [0.717, 1.165) is 23.5 Å². The monoisotopic (exact) mass is 393 g/mol. The molecule has 2 N–H and O–H groups in total. The van der Waals surface area contributed by atoms with E-state index in [1.807, 2.05) is 42.5 Å². The lowest BCUT2D eigenvalue weighted by molar-refractivity contribution is -0.122. The molecule has 0 aliphatic carbocycles. The van der Waals surface area contributed by atoms with E-state index in [1.54, 1.807) is 10.9 Å². The van der Waals surface area contributed by atoms with Gasteiger partial charge in [0.05, 0.1) is 29.9 Å². The highest BCUT2D eigenvalue weighted by Gasteiger charge is 2.28. The fraction of sp³-hybridized carbons (Fsp3) is 0.350. The molecule has 0 bridgehead atoms. The van der Waals surface area contributed by atoms with Gasteiger partial charge < -0.3 is 10.4 Å². The van der Waals surface area contributed by atoms with Crippen molar-refractivity contribution < 1.29 is 9.90 Å². The molecular weight excluding hydrogens is 370 g/mol. The molecule has 0 unspecified atom stereocenters. The standard InChI is InChI=1S/C20H23N7O2/c28-19-13-26(12-16-3-1-2-9-21-16)10-8-18(19)23-20(29)11-15-4-6-17(7-5-15)27-14-22-24-25-27/h1-7,9,14,18-19,28H,8,10-13H2,(H,23,29)/t18-,19-/m1/s1. The number of hydrogen-bond donors (Lipinski definition) is 2. The zero-order valence-corrected chi connectivity index (χ0v) is 15.9. The summed E-state index contributed by atoms with van der Waals surface area (Å²) in [4.78, 5) is 18.9. The third kappa shape index (κ3) is 5.01. The molecule has 1 aliphatic rings. The number of carbonyl (C=O) groups excluding carboxylic acids is 1. The topological polar surface area (TPSA) is 109 Å². The molecule has 29 heavy (non-hydrogen) atoms. The average Bonchev–Trinajstić information content (AvgIpc) is 3.26. The first-order valence-corrected chi connectivity index (χ1v) is 9.59. The summed E-state index contributed by atoms with van der Waals surface area (Å²) >= 11 is 0. The maximum atomic E-state index is 12.4. The molecule has 1 aliphatic heterocycles. The molecule has 0 spiro atoms. The number of β-amino-alcohol motifs (C(OH)–C–C–N with tert-alkyl or cyclic N) is 1. The predicted octanol–water partition coefficient (Wildman–Crippen LogP) is 0.351. The molecule has 9 nitrogen and oxygen atoms in total. The van der Waals surface area contributed by atoms with Gasteiger partial charge in [-0.3, -0.25) is 14.7 Å². The number of hydrogen-bond acceptors (Lipinski definition) is 7. The van der Waals surface area contributed by atoms with Crippen LogP contribution in [0, 0.1) is 0 Å². The highest BCUT2D eigenvalue weighted by Crippen LogP contribution is 2.14. The smallest absolute Gasteiger partial charge is 0.224 e. The van der Waals surface area contributed by atoms with Gasteiger partial charge in [-0.2, -0.15) is 0 Å². The number of piperidine rings is 1. The summed E-state index contributed by atoms with van der Waals surface area (Å²) in [6.07, 6.45) is 3.66. The van der Waals surface area contributed by atoms with E-state index in [1.165, 1.54) is 6.33 Å². The fourth-order valence-corrected chi connectivity index (χ4v) is 3.52. The number of tetrazole rings is 1. The van der Waals surface area contributed by atoms with E-state index >= 15 is 0 Å². The Labute approximate surface area is 168 Å². The van der Waals surface area contributed by atoms with Gasteiger partial charge in [0, 0.05) is 25.8 Å². The van der Waals surface area contributed by atoms with Crippen LogP contribution in [0.4, 0.5) is 0 Å². The number of amides is 1. The van der Waals surface area contributed by atoms with Gasteiger partial charge >= 0.3 is 0 Å². The summed E-state index contributed by atoms with van der Waals surface area (Å²) in [5, 5.41) is 24.5. The van der Waals surface area contributed by atoms with Gasteiger partial charge in [0.25, 0.3) is 0 Å². The van der Waals surface area contributed by atoms with Crippen LogP contribution in [0.3, 0.4) is 0 Å². The molecule has 3 heterocycles. The molecule has 1 aromatic carbocycles. The molecule has 150 valence electrons. The molecule has 9 heteroatoms. The van der Waals surface area contributed by atoms with Crippen LogP contribution in [0.2, 0.25) is 0 Å². The van der Waals surface area contributed by atoms with Crippen LogP contribution in [0.25, 0.3) is 5.69 Å². The number of aliphatic hydroxyl groups excluding tert-OH is 1. The molecule has 0 radical (unpaired) electrons. The lowest BCUT2D eigenvalue weighted by Crippen LogP contribution is -2.54. The number of nitrogens with one attached hydrogen (secondary N) is 1. The second-order valence-corrected chi connectivity index (χ2v) is 7.18. The predicted molar refractivity (Wildman–Crippen MR) is 105 cm³/mol. The minimum atomic E-state index is -0.599. The van der Waals surface area contributed by atoms with Crippen LogP contribution in [-0.4, -0.2) is 66.3 Å². The van der Waals surface area contributed by atoms with E-state index in [4.69, 9.17) is 0 Å². The van der Waals surface area contributed by atoms with Crippen molar-refractivity contribution >= 4 is 5.91 Å². The molecule has 1 fully saturated rings. The molecule has 2 aromatic heterocycles. The van der Waals surface area contributed by atoms with Crippen LogP contribution in [0.15, 0.2) is 55.0 Å². The number of benzene rings is 1. The zero-order valence-electron chi connectivity index (χ0n) is 15.9. The number of pyridine rings is 1. The first kappa shape index (κ1) is 19.2. The van der Waals surface area contributed by atoms with Crippen molar-refractivity contribution in [2.24, 2.45) is 0 Å². The summed E-state index contributed by atoms with van der Waals surface area (Å²) in [7, 11) is 0. The van der Waals surface area contributed by atoms with Crippen molar-refractivity contribution in [3.63, 3.8) is 0 Å². The highest BCUT2D eigenvalue weighted by atomic mass is 16.3. The zero-order chi connectivity index (χ0) is 20.1. The number of nitrogens with zero attached hydrogens (tertiary/aromatic N) is 6. The first-order chi connectivity index (χ1) is 14.2. The number of likely N-dealkylation sites (tertiary alicyclic amines) is 1. The summed E-state index contributed by atoms with van der Waals surface area (Å²) in [6, 6.07) is 13.1. The van der Waals surface area contributed by atoms with Crippen LogP contribution in [0.5, 0.6) is 0 Å². The van der Waals surface area contributed by atoms with Gasteiger partial charge in [0.15, 0.2) is 0 Å². The van der Waals surface area contributed by atoms with Crippen LogP contribution in [-0.2, 0) is 17.8 Å². The van der Waals surface area contributed by atoms with Gasteiger partial charge in [-0.25, -0.2) is 4.68 Å². The van der Waals surface area contributed by atoms with Crippen LogP contribution < -0.4 is 5.32 Å². The summed E-state index contributed by atoms with van der Waals surface area (Å²) < 4.78 is 1.55. The van der Waals surface area contributed by atoms with Gasteiger partial charge in [0.1, 0.15) is 6.33 Å². The lowest BCUT2D eigenvalue weighted by atomic mass is 10.0.